The maximum Gasteiger partial charge on any atom is 0.315 e. The highest BCUT2D eigenvalue weighted by Crippen LogP contribution is 2.44. The smallest absolute Gasteiger partial charge is 0.315 e. The van der Waals surface area contributed by atoms with Crippen molar-refractivity contribution in [3.05, 3.63) is 137 Å². The number of carbonyl (C=O) groups excluding carboxylic acids is 1. The molecule has 182 valence electrons. The van der Waals surface area contributed by atoms with Crippen molar-refractivity contribution in [2.45, 2.75) is 18.9 Å². The molecule has 0 spiro atoms. The van der Waals surface area contributed by atoms with E-state index < -0.39 is 5.92 Å². The van der Waals surface area contributed by atoms with Gasteiger partial charge in [0.1, 0.15) is 35.5 Å². The summed E-state index contributed by atoms with van der Waals surface area (Å²) in [5.74, 6) is 0.625. The van der Waals surface area contributed by atoms with E-state index in [4.69, 9.17) is 19.9 Å². The van der Waals surface area contributed by atoms with Gasteiger partial charge in [-0.05, 0) is 34.9 Å². The number of esters is 1. The number of allylic oxidation sites excluding steroid dienone is 1. The molecule has 2 N–H and O–H groups in total. The van der Waals surface area contributed by atoms with Crippen molar-refractivity contribution in [2.24, 2.45) is 5.73 Å². The van der Waals surface area contributed by atoms with Gasteiger partial charge < -0.3 is 19.9 Å². The number of ether oxygens (including phenoxy) is 3. The standard InChI is InChI=1S/C31H24N2O4/c32-19-27-30(23-12-7-13-24(17-23)35-20-22-10-5-2-6-11-22)26-15-14-25(18-28(26)37-31(27)33)36-29(34)16-21-8-3-1-4-9-21/h1-15,17-18,30H,16,20,33H2. The summed E-state index contributed by atoms with van der Waals surface area (Å²) in [6.45, 7) is 0.426. The van der Waals surface area contributed by atoms with Crippen LogP contribution in [0.15, 0.2) is 115 Å². The molecule has 1 unspecified atom stereocenters. The molecule has 6 heteroatoms. The van der Waals surface area contributed by atoms with Crippen LogP contribution in [-0.4, -0.2) is 5.97 Å². The van der Waals surface area contributed by atoms with Crippen LogP contribution in [0.1, 0.15) is 28.2 Å². The Hall–Kier alpha value is -5.02. The highest BCUT2D eigenvalue weighted by molar-refractivity contribution is 5.75. The summed E-state index contributed by atoms with van der Waals surface area (Å²) in [4.78, 5) is 12.4. The van der Waals surface area contributed by atoms with E-state index in [1.165, 1.54) is 0 Å². The molecule has 4 aromatic carbocycles. The van der Waals surface area contributed by atoms with Crippen molar-refractivity contribution in [1.29, 1.82) is 5.26 Å². The molecular formula is C31H24N2O4. The number of fused-ring (bicyclic) bond motifs is 1. The van der Waals surface area contributed by atoms with E-state index in [-0.39, 0.29) is 18.3 Å². The normalized spacial score (nSPS) is 14.2. The van der Waals surface area contributed by atoms with Crippen molar-refractivity contribution < 1.29 is 19.0 Å². The average molecular weight is 489 g/mol. The molecule has 37 heavy (non-hydrogen) atoms. The molecule has 4 aromatic rings. The van der Waals surface area contributed by atoms with Gasteiger partial charge in [-0.15, -0.1) is 0 Å². The third kappa shape index (κ3) is 5.47. The van der Waals surface area contributed by atoms with E-state index in [2.05, 4.69) is 6.07 Å². The van der Waals surface area contributed by atoms with Crippen LogP contribution in [0, 0.1) is 11.3 Å². The van der Waals surface area contributed by atoms with Crippen molar-refractivity contribution in [3.63, 3.8) is 0 Å². The third-order valence-electron chi connectivity index (χ3n) is 6.05. The zero-order chi connectivity index (χ0) is 25.6. The summed E-state index contributed by atoms with van der Waals surface area (Å²) >= 11 is 0. The first kappa shape index (κ1) is 23.7. The number of nitriles is 1. The summed E-state index contributed by atoms with van der Waals surface area (Å²) in [5, 5.41) is 9.89. The fourth-order valence-electron chi connectivity index (χ4n) is 4.30. The van der Waals surface area contributed by atoms with Gasteiger partial charge in [0.05, 0.1) is 12.3 Å². The highest BCUT2D eigenvalue weighted by atomic mass is 16.5. The second-order valence-corrected chi connectivity index (χ2v) is 8.61. The van der Waals surface area contributed by atoms with Crippen molar-refractivity contribution in [3.8, 4) is 23.3 Å². The van der Waals surface area contributed by atoms with Crippen LogP contribution in [0.3, 0.4) is 0 Å². The van der Waals surface area contributed by atoms with Crippen molar-refractivity contribution >= 4 is 5.97 Å². The summed E-state index contributed by atoms with van der Waals surface area (Å²) in [6, 6.07) is 34.2. The lowest BCUT2D eigenvalue weighted by atomic mass is 9.83. The second-order valence-electron chi connectivity index (χ2n) is 8.61. The summed E-state index contributed by atoms with van der Waals surface area (Å²) in [7, 11) is 0. The lowest BCUT2D eigenvalue weighted by Gasteiger charge is -2.27. The molecule has 1 aliphatic heterocycles. The Morgan fingerprint density at radius 3 is 2.32 bits per heavy atom. The van der Waals surface area contributed by atoms with Gasteiger partial charge in [0, 0.05) is 11.6 Å². The molecule has 0 fully saturated rings. The molecule has 0 amide bonds. The largest absolute Gasteiger partial charge is 0.489 e. The monoisotopic (exact) mass is 488 g/mol. The second kappa shape index (κ2) is 10.7. The summed E-state index contributed by atoms with van der Waals surface area (Å²) < 4.78 is 17.3. The van der Waals surface area contributed by atoms with E-state index in [0.717, 1.165) is 22.3 Å². The Balaban J connectivity index is 1.39. The Kier molecular flexibility index (Phi) is 6.87. The first-order valence-electron chi connectivity index (χ1n) is 11.8. The van der Waals surface area contributed by atoms with Gasteiger partial charge in [-0.25, -0.2) is 0 Å². The van der Waals surface area contributed by atoms with Crippen molar-refractivity contribution in [2.75, 3.05) is 0 Å². The molecule has 6 nitrogen and oxygen atoms in total. The van der Waals surface area contributed by atoms with Gasteiger partial charge in [-0.1, -0.05) is 78.9 Å². The Morgan fingerprint density at radius 1 is 0.865 bits per heavy atom. The number of nitrogens with two attached hydrogens (primary N) is 1. The molecule has 0 saturated carbocycles. The number of hydrogen-bond donors (Lipinski definition) is 1. The molecule has 0 bridgehead atoms. The number of rotatable bonds is 7. The van der Waals surface area contributed by atoms with Crippen molar-refractivity contribution in [1.82, 2.24) is 0 Å². The fraction of sp³-hybridized carbons (Fsp3) is 0.0968. The van der Waals surface area contributed by atoms with Gasteiger partial charge in [-0.3, -0.25) is 4.79 Å². The minimum atomic E-state index is -0.455. The molecule has 1 heterocycles. The van der Waals surface area contributed by atoms with Crippen LogP contribution >= 0.6 is 0 Å². The number of nitrogens with zero attached hydrogens (tertiary/aromatic N) is 1. The fourth-order valence-corrected chi connectivity index (χ4v) is 4.30. The minimum Gasteiger partial charge on any atom is -0.489 e. The summed E-state index contributed by atoms with van der Waals surface area (Å²) in [6.07, 6.45) is 0.151. The minimum absolute atomic E-state index is 0.0170. The van der Waals surface area contributed by atoms with Gasteiger partial charge in [0.15, 0.2) is 0 Å². The molecule has 0 aromatic heterocycles. The Bertz CT molecular complexity index is 1490. The first-order chi connectivity index (χ1) is 18.1. The number of benzene rings is 4. The van der Waals surface area contributed by atoms with E-state index in [9.17, 15) is 10.1 Å². The van der Waals surface area contributed by atoms with Crippen LogP contribution in [-0.2, 0) is 17.8 Å². The zero-order valence-electron chi connectivity index (χ0n) is 20.0. The van der Waals surface area contributed by atoms with Crippen LogP contribution in [0.2, 0.25) is 0 Å². The molecule has 1 atom stereocenters. The average Bonchev–Trinajstić information content (AvgIpc) is 2.92. The topological polar surface area (TPSA) is 94.6 Å². The number of carbonyl (C=O) groups is 1. The van der Waals surface area contributed by atoms with Crippen LogP contribution in [0.5, 0.6) is 17.2 Å². The Morgan fingerprint density at radius 2 is 1.59 bits per heavy atom. The molecule has 0 saturated heterocycles. The lowest BCUT2D eigenvalue weighted by molar-refractivity contribution is -0.133. The maximum absolute atomic E-state index is 12.4. The van der Waals surface area contributed by atoms with Gasteiger partial charge in [0.25, 0.3) is 0 Å². The number of hydrogen-bond acceptors (Lipinski definition) is 6. The van der Waals surface area contributed by atoms with E-state index >= 15 is 0 Å². The van der Waals surface area contributed by atoms with E-state index in [0.29, 0.717) is 29.4 Å². The molecule has 1 aliphatic rings. The highest BCUT2D eigenvalue weighted by Gasteiger charge is 2.31. The maximum atomic E-state index is 12.4. The molecule has 0 aliphatic carbocycles. The quantitative estimate of drug-likeness (QED) is 0.268. The van der Waals surface area contributed by atoms with E-state index in [1.807, 2.05) is 84.9 Å². The lowest BCUT2D eigenvalue weighted by Crippen LogP contribution is -2.21. The first-order valence-corrected chi connectivity index (χ1v) is 11.8. The molecule has 5 rings (SSSR count). The van der Waals surface area contributed by atoms with Gasteiger partial charge in [0.2, 0.25) is 5.88 Å². The summed E-state index contributed by atoms with van der Waals surface area (Å²) in [5.41, 5.74) is 9.96. The Labute approximate surface area is 215 Å². The predicted octanol–water partition coefficient (Wildman–Crippen LogP) is 5.63. The molecule has 0 radical (unpaired) electrons. The van der Waals surface area contributed by atoms with E-state index in [1.54, 1.807) is 18.2 Å². The van der Waals surface area contributed by atoms with Crippen LogP contribution in [0.25, 0.3) is 0 Å². The zero-order valence-corrected chi connectivity index (χ0v) is 20.0. The third-order valence-corrected chi connectivity index (χ3v) is 6.05. The predicted molar refractivity (Wildman–Crippen MR) is 139 cm³/mol. The SMILES string of the molecule is N#CC1=C(N)Oc2cc(OC(=O)Cc3ccccc3)ccc2C1c1cccc(OCc2ccccc2)c1. The van der Waals surface area contributed by atoms with Crippen LogP contribution < -0.4 is 19.9 Å². The molecular weight excluding hydrogens is 464 g/mol. The van der Waals surface area contributed by atoms with Crippen LogP contribution in [0.4, 0.5) is 0 Å². The van der Waals surface area contributed by atoms with Gasteiger partial charge >= 0.3 is 5.97 Å². The van der Waals surface area contributed by atoms with Gasteiger partial charge in [-0.2, -0.15) is 5.26 Å².